The Kier molecular flexibility index (Phi) is 5.83. The van der Waals surface area contributed by atoms with E-state index in [0.29, 0.717) is 12.5 Å². The molecule has 156 valence electrons. The van der Waals surface area contributed by atoms with Crippen LogP contribution in [-0.2, 0) is 6.54 Å². The maximum absolute atomic E-state index is 13.1. The first-order valence-corrected chi connectivity index (χ1v) is 9.87. The molecule has 1 aromatic heterocycles. The van der Waals surface area contributed by atoms with Gasteiger partial charge in [0.15, 0.2) is 5.96 Å². The normalized spacial score (nSPS) is 14.8. The summed E-state index contributed by atoms with van der Waals surface area (Å²) in [5.41, 5.74) is 9.03. The molecule has 3 aromatic rings. The summed E-state index contributed by atoms with van der Waals surface area (Å²) < 4.78 is 20.1. The number of aliphatic imine (C=N–C) groups is 1. The number of hydrogen-bond acceptors (Lipinski definition) is 4. The minimum Gasteiger partial charge on any atom is -0.497 e. The highest BCUT2D eigenvalue weighted by Gasteiger charge is 2.18. The number of rotatable bonds is 5. The predicted molar refractivity (Wildman–Crippen MR) is 116 cm³/mol. The highest BCUT2D eigenvalue weighted by Crippen LogP contribution is 2.17. The summed E-state index contributed by atoms with van der Waals surface area (Å²) in [6, 6.07) is 16.2. The van der Waals surface area contributed by atoms with Gasteiger partial charge in [-0.2, -0.15) is 5.10 Å². The Balaban J connectivity index is 1.32. The van der Waals surface area contributed by atoms with E-state index < -0.39 is 0 Å². The number of ether oxygens (including phenoxy) is 1. The second kappa shape index (κ2) is 8.86. The van der Waals surface area contributed by atoms with E-state index in [0.717, 1.165) is 49.0 Å². The van der Waals surface area contributed by atoms with Gasteiger partial charge in [-0.25, -0.2) is 14.1 Å². The lowest BCUT2D eigenvalue weighted by atomic mass is 10.2. The summed E-state index contributed by atoms with van der Waals surface area (Å²) in [4.78, 5) is 8.81. The van der Waals surface area contributed by atoms with Crippen molar-refractivity contribution in [3.63, 3.8) is 0 Å². The largest absolute Gasteiger partial charge is 0.497 e. The molecule has 0 amide bonds. The van der Waals surface area contributed by atoms with Gasteiger partial charge in [0.25, 0.3) is 0 Å². The molecule has 2 aromatic carbocycles. The zero-order valence-corrected chi connectivity index (χ0v) is 16.9. The first-order chi connectivity index (χ1) is 14.6. The van der Waals surface area contributed by atoms with Gasteiger partial charge in [0, 0.05) is 38.1 Å². The molecule has 0 bridgehead atoms. The van der Waals surface area contributed by atoms with Gasteiger partial charge in [-0.15, -0.1) is 0 Å². The van der Waals surface area contributed by atoms with Crippen molar-refractivity contribution in [2.24, 2.45) is 10.7 Å². The van der Waals surface area contributed by atoms with Crippen LogP contribution in [0.15, 0.2) is 65.8 Å². The van der Waals surface area contributed by atoms with Crippen molar-refractivity contribution in [3.8, 4) is 11.4 Å². The molecule has 2 N–H and O–H groups in total. The van der Waals surface area contributed by atoms with Crippen LogP contribution in [0.1, 0.15) is 5.69 Å². The van der Waals surface area contributed by atoms with E-state index in [2.05, 4.69) is 19.9 Å². The van der Waals surface area contributed by atoms with Crippen LogP contribution in [-0.4, -0.2) is 53.9 Å². The number of aromatic nitrogens is 2. The Labute approximate surface area is 175 Å². The zero-order valence-electron chi connectivity index (χ0n) is 16.9. The lowest BCUT2D eigenvalue weighted by Gasteiger charge is -2.36. The third-order valence-electron chi connectivity index (χ3n) is 5.18. The van der Waals surface area contributed by atoms with Gasteiger partial charge in [-0.1, -0.05) is 0 Å². The van der Waals surface area contributed by atoms with Gasteiger partial charge >= 0.3 is 0 Å². The molecule has 0 atom stereocenters. The first kappa shape index (κ1) is 19.8. The first-order valence-electron chi connectivity index (χ1n) is 9.87. The minimum atomic E-state index is -0.219. The van der Waals surface area contributed by atoms with Crippen LogP contribution in [0, 0.1) is 5.82 Å². The van der Waals surface area contributed by atoms with E-state index >= 15 is 0 Å². The molecule has 2 heterocycles. The molecular weight excluding hydrogens is 383 g/mol. The molecule has 0 spiro atoms. The fourth-order valence-electron chi connectivity index (χ4n) is 3.43. The van der Waals surface area contributed by atoms with E-state index in [-0.39, 0.29) is 5.82 Å². The second-order valence-corrected chi connectivity index (χ2v) is 7.07. The molecule has 30 heavy (non-hydrogen) atoms. The molecule has 1 aliphatic heterocycles. The van der Waals surface area contributed by atoms with Crippen LogP contribution < -0.4 is 15.4 Å². The molecule has 1 aliphatic rings. The molecule has 1 fully saturated rings. The SMILES string of the molecule is COc1ccc(-n2ccc(CN=C(N)N3CCN(c4ccc(F)cc4)CC3)n2)cc1. The van der Waals surface area contributed by atoms with Crippen LogP contribution in [0.2, 0.25) is 0 Å². The van der Waals surface area contributed by atoms with Gasteiger partial charge in [0.05, 0.1) is 25.0 Å². The Morgan fingerprint density at radius 2 is 1.67 bits per heavy atom. The van der Waals surface area contributed by atoms with Crippen LogP contribution in [0.5, 0.6) is 5.75 Å². The molecule has 4 rings (SSSR count). The number of guanidine groups is 1. The Morgan fingerprint density at radius 3 is 2.33 bits per heavy atom. The number of halogens is 1. The topological polar surface area (TPSA) is 71.9 Å². The van der Waals surface area contributed by atoms with Gasteiger partial charge < -0.3 is 20.3 Å². The number of hydrogen-bond donors (Lipinski definition) is 1. The van der Waals surface area contributed by atoms with Crippen molar-refractivity contribution in [1.29, 1.82) is 0 Å². The maximum Gasteiger partial charge on any atom is 0.191 e. The molecule has 8 heteroatoms. The van der Waals surface area contributed by atoms with E-state index in [1.807, 2.05) is 53.3 Å². The lowest BCUT2D eigenvalue weighted by Crippen LogP contribution is -2.51. The molecule has 0 radical (unpaired) electrons. The quantitative estimate of drug-likeness (QED) is 0.519. The molecule has 0 aliphatic carbocycles. The summed E-state index contributed by atoms with van der Waals surface area (Å²) in [6.45, 7) is 3.59. The van der Waals surface area contributed by atoms with E-state index in [4.69, 9.17) is 10.5 Å². The number of nitrogens with zero attached hydrogens (tertiary/aromatic N) is 5. The van der Waals surface area contributed by atoms with Crippen molar-refractivity contribution in [1.82, 2.24) is 14.7 Å². The number of methoxy groups -OCH3 is 1. The molecule has 0 saturated carbocycles. The monoisotopic (exact) mass is 408 g/mol. The average molecular weight is 408 g/mol. The lowest BCUT2D eigenvalue weighted by molar-refractivity contribution is 0.380. The van der Waals surface area contributed by atoms with Crippen LogP contribution in [0.25, 0.3) is 5.69 Å². The van der Waals surface area contributed by atoms with Crippen LogP contribution in [0.4, 0.5) is 10.1 Å². The molecule has 0 unspecified atom stereocenters. The van der Waals surface area contributed by atoms with Crippen LogP contribution >= 0.6 is 0 Å². The standard InChI is InChI=1S/C22H25FN6O/c1-30-21-8-6-20(7-9-21)29-11-10-18(26-29)16-25-22(24)28-14-12-27(13-15-28)19-4-2-17(23)3-5-19/h2-11H,12-16H2,1H3,(H2,24,25). The molecule has 1 saturated heterocycles. The number of piperazine rings is 1. The van der Waals surface area contributed by atoms with Crippen molar-refractivity contribution in [2.75, 3.05) is 38.2 Å². The highest BCUT2D eigenvalue weighted by atomic mass is 19.1. The summed E-state index contributed by atoms with van der Waals surface area (Å²) in [6.07, 6.45) is 1.91. The van der Waals surface area contributed by atoms with Gasteiger partial charge in [0.1, 0.15) is 11.6 Å². The van der Waals surface area contributed by atoms with Gasteiger partial charge in [0.2, 0.25) is 0 Å². The zero-order chi connectivity index (χ0) is 20.9. The Hall–Kier alpha value is -3.55. The summed E-state index contributed by atoms with van der Waals surface area (Å²) in [5, 5.41) is 4.57. The van der Waals surface area contributed by atoms with E-state index in [1.165, 1.54) is 12.1 Å². The smallest absolute Gasteiger partial charge is 0.191 e. The Bertz CT molecular complexity index is 991. The van der Waals surface area contributed by atoms with Crippen molar-refractivity contribution >= 4 is 11.6 Å². The summed E-state index contributed by atoms with van der Waals surface area (Å²) in [7, 11) is 1.64. The van der Waals surface area contributed by atoms with Gasteiger partial charge in [-0.3, -0.25) is 0 Å². The fourth-order valence-corrected chi connectivity index (χ4v) is 3.43. The number of anilines is 1. The average Bonchev–Trinajstić information content (AvgIpc) is 3.27. The maximum atomic E-state index is 13.1. The Morgan fingerprint density at radius 1 is 1.00 bits per heavy atom. The second-order valence-electron chi connectivity index (χ2n) is 7.07. The molecular formula is C22H25FN6O. The number of benzene rings is 2. The highest BCUT2D eigenvalue weighted by molar-refractivity contribution is 5.78. The van der Waals surface area contributed by atoms with Crippen molar-refractivity contribution in [2.45, 2.75) is 6.54 Å². The third kappa shape index (κ3) is 4.53. The van der Waals surface area contributed by atoms with E-state index in [9.17, 15) is 4.39 Å². The van der Waals surface area contributed by atoms with Crippen molar-refractivity contribution < 1.29 is 9.13 Å². The minimum absolute atomic E-state index is 0.219. The number of nitrogens with two attached hydrogens (primary N) is 1. The van der Waals surface area contributed by atoms with E-state index in [1.54, 1.807) is 7.11 Å². The predicted octanol–water partition coefficient (Wildman–Crippen LogP) is 2.66. The molecule has 7 nitrogen and oxygen atoms in total. The summed E-state index contributed by atoms with van der Waals surface area (Å²) in [5.74, 6) is 1.11. The van der Waals surface area contributed by atoms with Gasteiger partial charge in [-0.05, 0) is 54.6 Å². The van der Waals surface area contributed by atoms with Crippen LogP contribution in [0.3, 0.4) is 0 Å². The summed E-state index contributed by atoms with van der Waals surface area (Å²) >= 11 is 0. The van der Waals surface area contributed by atoms with Crippen molar-refractivity contribution in [3.05, 3.63) is 72.3 Å². The fraction of sp³-hybridized carbons (Fsp3) is 0.273. The third-order valence-corrected chi connectivity index (χ3v) is 5.18.